The van der Waals surface area contributed by atoms with Crippen LogP contribution in [-0.4, -0.2) is 43.0 Å². The van der Waals surface area contributed by atoms with Crippen LogP contribution in [0.25, 0.3) is 11.4 Å². The van der Waals surface area contributed by atoms with Gasteiger partial charge in [-0.05, 0) is 57.0 Å². The van der Waals surface area contributed by atoms with Gasteiger partial charge >= 0.3 is 5.91 Å². The fourth-order valence-electron chi connectivity index (χ4n) is 4.34. The Balaban J connectivity index is 1.76. The van der Waals surface area contributed by atoms with E-state index in [0.717, 1.165) is 5.56 Å². The maximum absolute atomic E-state index is 13.4. The minimum atomic E-state index is -0.923. The molecule has 3 aromatic heterocycles. The molecular weight excluding hydrogens is 466 g/mol. The number of amides is 1. The molecule has 9 nitrogen and oxygen atoms in total. The quantitative estimate of drug-likeness (QED) is 0.255. The molecule has 0 spiro atoms. The van der Waals surface area contributed by atoms with Gasteiger partial charge in [0.1, 0.15) is 22.1 Å². The molecule has 10 heteroatoms. The van der Waals surface area contributed by atoms with E-state index in [-0.39, 0.29) is 22.2 Å². The number of aliphatic hydroxyl groups is 1. The van der Waals surface area contributed by atoms with Gasteiger partial charge in [-0.2, -0.15) is 0 Å². The van der Waals surface area contributed by atoms with Crippen molar-refractivity contribution in [2.45, 2.75) is 33.7 Å². The highest BCUT2D eigenvalue weighted by Crippen LogP contribution is 2.43. The van der Waals surface area contributed by atoms with Crippen molar-refractivity contribution in [1.82, 2.24) is 19.6 Å². The van der Waals surface area contributed by atoms with E-state index in [1.807, 2.05) is 43.5 Å². The molecule has 1 fully saturated rings. The number of benzene rings is 1. The molecule has 35 heavy (non-hydrogen) atoms. The molecular formula is C25H23N5O4S. The van der Waals surface area contributed by atoms with Gasteiger partial charge in [-0.25, -0.2) is 4.98 Å². The average molecular weight is 490 g/mol. The standard InChI is InChI=1S/C25H23N5O4S/c1-5-34-17-10-6-9-16(12-17)20-18(22(32)24(33)30(20)25-28-27-15(4)35-25)21(31)19-14(3)29-11-7-8-13(2)23(29)26-19/h6-12,20,31H,5H2,1-4H3. The van der Waals surface area contributed by atoms with Gasteiger partial charge < -0.3 is 14.2 Å². The van der Waals surface area contributed by atoms with Crippen molar-refractivity contribution in [2.75, 3.05) is 11.5 Å². The lowest BCUT2D eigenvalue weighted by Gasteiger charge is -2.22. The summed E-state index contributed by atoms with van der Waals surface area (Å²) in [6.07, 6.45) is 1.84. The van der Waals surface area contributed by atoms with Crippen LogP contribution in [0.2, 0.25) is 0 Å². The van der Waals surface area contributed by atoms with Crippen molar-refractivity contribution in [2.24, 2.45) is 0 Å². The molecule has 1 unspecified atom stereocenters. The number of aliphatic hydroxyl groups excluding tert-OH is 1. The van der Waals surface area contributed by atoms with E-state index >= 15 is 0 Å². The third-order valence-electron chi connectivity index (χ3n) is 5.96. The molecule has 4 aromatic rings. The summed E-state index contributed by atoms with van der Waals surface area (Å²) in [5.74, 6) is -1.34. The third kappa shape index (κ3) is 3.66. The molecule has 0 bridgehead atoms. The highest BCUT2D eigenvalue weighted by molar-refractivity contribution is 7.15. The number of aryl methyl sites for hydroxylation is 3. The number of imidazole rings is 1. The van der Waals surface area contributed by atoms with Gasteiger partial charge in [0.15, 0.2) is 5.76 Å². The molecule has 4 heterocycles. The number of ketones is 1. The van der Waals surface area contributed by atoms with Crippen molar-refractivity contribution in [3.05, 3.63) is 75.7 Å². The molecule has 1 aliphatic rings. The summed E-state index contributed by atoms with van der Waals surface area (Å²) in [4.78, 5) is 32.6. The molecule has 1 amide bonds. The number of hydrogen-bond donors (Lipinski definition) is 1. The van der Waals surface area contributed by atoms with Crippen molar-refractivity contribution in [3.63, 3.8) is 0 Å². The summed E-state index contributed by atoms with van der Waals surface area (Å²) < 4.78 is 7.50. The summed E-state index contributed by atoms with van der Waals surface area (Å²) in [5, 5.41) is 20.6. The second-order valence-electron chi connectivity index (χ2n) is 8.21. The Morgan fingerprint density at radius 1 is 1.14 bits per heavy atom. The van der Waals surface area contributed by atoms with E-state index < -0.39 is 17.7 Å². The van der Waals surface area contributed by atoms with Crippen LogP contribution in [0.1, 0.15) is 40.5 Å². The lowest BCUT2D eigenvalue weighted by atomic mass is 9.96. The van der Waals surface area contributed by atoms with Crippen LogP contribution < -0.4 is 9.64 Å². The molecule has 1 aromatic carbocycles. The second kappa shape index (κ2) is 8.62. The Kier molecular flexibility index (Phi) is 5.60. The van der Waals surface area contributed by atoms with Crippen molar-refractivity contribution in [3.8, 4) is 5.75 Å². The summed E-state index contributed by atoms with van der Waals surface area (Å²) in [6.45, 7) is 7.83. The van der Waals surface area contributed by atoms with Crippen LogP contribution in [-0.2, 0) is 9.59 Å². The molecule has 1 aliphatic heterocycles. The van der Waals surface area contributed by atoms with E-state index in [0.29, 0.717) is 34.3 Å². The molecule has 1 saturated heterocycles. The van der Waals surface area contributed by atoms with Gasteiger partial charge in [0.2, 0.25) is 5.13 Å². The van der Waals surface area contributed by atoms with Crippen LogP contribution >= 0.6 is 11.3 Å². The highest BCUT2D eigenvalue weighted by Gasteiger charge is 2.48. The number of rotatable bonds is 5. The molecule has 5 rings (SSSR count). The van der Waals surface area contributed by atoms with E-state index in [4.69, 9.17) is 4.74 Å². The molecule has 1 N–H and O–H groups in total. The zero-order valence-electron chi connectivity index (χ0n) is 19.6. The minimum absolute atomic E-state index is 0.0549. The van der Waals surface area contributed by atoms with E-state index in [1.165, 1.54) is 16.2 Å². The first-order chi connectivity index (χ1) is 16.8. The average Bonchev–Trinajstić information content (AvgIpc) is 3.49. The van der Waals surface area contributed by atoms with Crippen molar-refractivity contribution >= 4 is 39.6 Å². The fraction of sp³-hybridized carbons (Fsp3) is 0.240. The van der Waals surface area contributed by atoms with Gasteiger partial charge in [0.05, 0.1) is 23.9 Å². The summed E-state index contributed by atoms with van der Waals surface area (Å²) >= 11 is 1.20. The Labute approximate surface area is 205 Å². The Hall–Kier alpha value is -4.05. The van der Waals surface area contributed by atoms with Crippen molar-refractivity contribution < 1.29 is 19.4 Å². The second-order valence-corrected chi connectivity index (χ2v) is 9.37. The van der Waals surface area contributed by atoms with Gasteiger partial charge in [0, 0.05) is 6.20 Å². The number of pyridine rings is 1. The Bertz CT molecular complexity index is 1520. The predicted octanol–water partition coefficient (Wildman–Crippen LogP) is 4.14. The van der Waals surface area contributed by atoms with Gasteiger partial charge in [-0.3, -0.25) is 14.5 Å². The van der Waals surface area contributed by atoms with Gasteiger partial charge in [-0.15, -0.1) is 10.2 Å². The van der Waals surface area contributed by atoms with Crippen LogP contribution in [0.4, 0.5) is 5.13 Å². The van der Waals surface area contributed by atoms with Crippen LogP contribution in [0, 0.1) is 20.8 Å². The first-order valence-corrected chi connectivity index (χ1v) is 11.9. The van der Waals surface area contributed by atoms with Crippen LogP contribution in [0.5, 0.6) is 5.75 Å². The highest BCUT2D eigenvalue weighted by atomic mass is 32.1. The number of Topliss-reactive ketones (excluding diaryl/α,β-unsaturated/α-hetero) is 1. The molecule has 0 radical (unpaired) electrons. The first kappa shape index (κ1) is 22.7. The summed E-state index contributed by atoms with van der Waals surface area (Å²) in [6, 6.07) is 10.0. The molecule has 1 atom stereocenters. The number of ether oxygens (including phenoxy) is 1. The first-order valence-electron chi connectivity index (χ1n) is 11.1. The minimum Gasteiger partial charge on any atom is -0.505 e. The number of carbonyl (C=O) groups is 2. The smallest absolute Gasteiger partial charge is 0.301 e. The van der Waals surface area contributed by atoms with Crippen LogP contribution in [0.3, 0.4) is 0 Å². The Morgan fingerprint density at radius 3 is 2.63 bits per heavy atom. The number of nitrogens with zero attached hydrogens (tertiary/aromatic N) is 5. The summed E-state index contributed by atoms with van der Waals surface area (Å²) in [5.41, 5.74) is 3.02. The number of hydrogen-bond acceptors (Lipinski definition) is 8. The number of aromatic nitrogens is 4. The lowest BCUT2D eigenvalue weighted by molar-refractivity contribution is -0.132. The number of fused-ring (bicyclic) bond motifs is 1. The molecule has 178 valence electrons. The fourth-order valence-corrected chi connectivity index (χ4v) is 5.06. The van der Waals surface area contributed by atoms with E-state index in [2.05, 4.69) is 15.2 Å². The number of anilines is 1. The van der Waals surface area contributed by atoms with Crippen LogP contribution in [0.15, 0.2) is 48.2 Å². The molecule has 0 saturated carbocycles. The topological polar surface area (TPSA) is 110 Å². The van der Waals surface area contributed by atoms with E-state index in [1.54, 1.807) is 31.2 Å². The SMILES string of the molecule is CCOc1cccc(C2C(=C(O)c3nc4c(C)cccn4c3C)C(=O)C(=O)N2c2nnc(C)s2)c1. The molecule has 0 aliphatic carbocycles. The predicted molar refractivity (Wildman–Crippen MR) is 132 cm³/mol. The maximum Gasteiger partial charge on any atom is 0.301 e. The largest absolute Gasteiger partial charge is 0.505 e. The zero-order chi connectivity index (χ0) is 24.9. The van der Waals surface area contributed by atoms with E-state index in [9.17, 15) is 14.7 Å². The number of carbonyl (C=O) groups excluding carboxylic acids is 2. The zero-order valence-corrected chi connectivity index (χ0v) is 20.5. The third-order valence-corrected chi connectivity index (χ3v) is 6.80. The van der Waals surface area contributed by atoms with Crippen molar-refractivity contribution in [1.29, 1.82) is 0 Å². The normalized spacial score (nSPS) is 17.5. The lowest BCUT2D eigenvalue weighted by Crippen LogP contribution is -2.29. The maximum atomic E-state index is 13.4. The van der Waals surface area contributed by atoms with Gasteiger partial charge in [-0.1, -0.05) is 29.5 Å². The monoisotopic (exact) mass is 489 g/mol. The van der Waals surface area contributed by atoms with Gasteiger partial charge in [0.25, 0.3) is 5.78 Å². The Morgan fingerprint density at radius 2 is 1.94 bits per heavy atom. The summed E-state index contributed by atoms with van der Waals surface area (Å²) in [7, 11) is 0.